The third-order valence-electron chi connectivity index (χ3n) is 2.96. The van der Waals surface area contributed by atoms with Gasteiger partial charge in [0.2, 0.25) is 8.32 Å². The van der Waals surface area contributed by atoms with Crippen molar-refractivity contribution in [1.29, 1.82) is 0 Å². The van der Waals surface area contributed by atoms with E-state index in [0.29, 0.717) is 0 Å². The first kappa shape index (κ1) is 13.5. The first-order valence-corrected chi connectivity index (χ1v) is 9.77. The largest absolute Gasteiger partial charge is 0.378 e. The van der Waals surface area contributed by atoms with Crippen LogP contribution in [0.4, 0.5) is 0 Å². The summed E-state index contributed by atoms with van der Waals surface area (Å²) in [7, 11) is -1.29. The molecule has 0 heterocycles. The SMILES string of the molecule is CC[SH](CC)O[Si](CC)(CC)CC. The summed E-state index contributed by atoms with van der Waals surface area (Å²) in [5.41, 5.74) is 0. The van der Waals surface area contributed by atoms with E-state index in [9.17, 15) is 0 Å². The second-order valence-corrected chi connectivity index (χ2v) is 10.9. The van der Waals surface area contributed by atoms with Crippen LogP contribution in [0.2, 0.25) is 18.1 Å². The predicted molar refractivity (Wildman–Crippen MR) is 68.4 cm³/mol. The molecule has 0 saturated carbocycles. The molecule has 0 atom stereocenters. The van der Waals surface area contributed by atoms with Gasteiger partial charge in [0.25, 0.3) is 0 Å². The average Bonchev–Trinajstić information content (AvgIpc) is 2.21. The van der Waals surface area contributed by atoms with E-state index in [1.165, 1.54) is 29.6 Å². The van der Waals surface area contributed by atoms with E-state index in [1.807, 2.05) is 0 Å². The lowest BCUT2D eigenvalue weighted by atomic mass is 10.9. The fraction of sp³-hybridized carbons (Fsp3) is 1.00. The van der Waals surface area contributed by atoms with Crippen LogP contribution in [0.3, 0.4) is 0 Å². The zero-order valence-corrected chi connectivity index (χ0v) is 11.8. The van der Waals surface area contributed by atoms with E-state index in [1.54, 1.807) is 0 Å². The summed E-state index contributed by atoms with van der Waals surface area (Å²) in [5, 5.41) is 0. The maximum Gasteiger partial charge on any atom is 0.207 e. The molecule has 0 spiro atoms. The normalized spacial score (nSPS) is 13.2. The molecule has 0 amide bonds. The quantitative estimate of drug-likeness (QED) is 0.507. The van der Waals surface area contributed by atoms with Gasteiger partial charge in [0, 0.05) is 0 Å². The fourth-order valence-electron chi connectivity index (χ4n) is 1.57. The zero-order valence-electron chi connectivity index (χ0n) is 9.89. The highest BCUT2D eigenvalue weighted by atomic mass is 32.2. The standard InChI is InChI=1S/C10H26OSSi/c1-6-12(7-2)11-13(8-3,9-4)10-5/h12H,6-10H2,1-5H3. The summed E-state index contributed by atoms with van der Waals surface area (Å²) in [6.45, 7) is 11.4. The van der Waals surface area contributed by atoms with E-state index in [4.69, 9.17) is 3.87 Å². The van der Waals surface area contributed by atoms with Crippen molar-refractivity contribution >= 4 is 19.5 Å². The molecular formula is C10H26OSSi. The van der Waals surface area contributed by atoms with Gasteiger partial charge in [-0.05, 0) is 29.6 Å². The third kappa shape index (κ3) is 4.04. The molecule has 0 aromatic rings. The molecule has 0 rings (SSSR count). The molecule has 0 saturated heterocycles. The molecular weight excluding hydrogens is 196 g/mol. The van der Waals surface area contributed by atoms with Gasteiger partial charge in [0.1, 0.15) is 0 Å². The fourth-order valence-corrected chi connectivity index (χ4v) is 8.29. The Morgan fingerprint density at radius 1 is 0.846 bits per heavy atom. The van der Waals surface area contributed by atoms with Crippen LogP contribution >= 0.6 is 11.2 Å². The minimum Gasteiger partial charge on any atom is -0.378 e. The van der Waals surface area contributed by atoms with E-state index >= 15 is 0 Å². The highest BCUT2D eigenvalue weighted by Gasteiger charge is 2.30. The molecule has 0 N–H and O–H groups in total. The lowest BCUT2D eigenvalue weighted by molar-refractivity contribution is 0.603. The van der Waals surface area contributed by atoms with Crippen LogP contribution in [-0.4, -0.2) is 19.8 Å². The van der Waals surface area contributed by atoms with Crippen LogP contribution in [-0.2, 0) is 3.87 Å². The lowest BCUT2D eigenvalue weighted by Crippen LogP contribution is -2.34. The van der Waals surface area contributed by atoms with Crippen molar-refractivity contribution in [3.63, 3.8) is 0 Å². The maximum atomic E-state index is 6.39. The molecule has 82 valence electrons. The molecule has 0 aliphatic heterocycles. The van der Waals surface area contributed by atoms with Crippen molar-refractivity contribution in [2.24, 2.45) is 0 Å². The molecule has 0 aliphatic rings. The van der Waals surface area contributed by atoms with Gasteiger partial charge in [0.05, 0.1) is 0 Å². The molecule has 0 aliphatic carbocycles. The second kappa shape index (κ2) is 6.90. The third-order valence-corrected chi connectivity index (χ3v) is 10.8. The molecule has 13 heavy (non-hydrogen) atoms. The highest BCUT2D eigenvalue weighted by Crippen LogP contribution is 2.35. The van der Waals surface area contributed by atoms with Crippen LogP contribution in [0, 0.1) is 0 Å². The molecule has 0 aromatic heterocycles. The van der Waals surface area contributed by atoms with Crippen LogP contribution in [0.25, 0.3) is 0 Å². The Kier molecular flexibility index (Phi) is 7.18. The Bertz CT molecular complexity index is 114. The predicted octanol–water partition coefficient (Wildman–Crippen LogP) is 3.96. The highest BCUT2D eigenvalue weighted by molar-refractivity contribution is 8.13. The van der Waals surface area contributed by atoms with Gasteiger partial charge in [-0.3, -0.25) is 0 Å². The zero-order chi connectivity index (χ0) is 10.3. The van der Waals surface area contributed by atoms with E-state index in [-0.39, 0.29) is 11.2 Å². The van der Waals surface area contributed by atoms with Gasteiger partial charge in [0.15, 0.2) is 0 Å². The van der Waals surface area contributed by atoms with Gasteiger partial charge in [-0.15, -0.1) is 0 Å². The number of thiol groups is 1. The van der Waals surface area contributed by atoms with Crippen molar-refractivity contribution in [2.45, 2.75) is 52.8 Å². The first-order chi connectivity index (χ1) is 6.17. The van der Waals surface area contributed by atoms with E-state index in [0.717, 1.165) is 0 Å². The monoisotopic (exact) mass is 222 g/mol. The average molecular weight is 222 g/mol. The van der Waals surface area contributed by atoms with E-state index in [2.05, 4.69) is 34.6 Å². The van der Waals surface area contributed by atoms with Gasteiger partial charge in [-0.2, -0.15) is 11.2 Å². The van der Waals surface area contributed by atoms with Crippen LogP contribution in [0.5, 0.6) is 0 Å². The minimum absolute atomic E-state index is 0.0999. The van der Waals surface area contributed by atoms with Gasteiger partial charge in [-0.25, -0.2) is 0 Å². The maximum absolute atomic E-state index is 6.39. The van der Waals surface area contributed by atoms with Crippen molar-refractivity contribution in [2.75, 3.05) is 11.5 Å². The minimum atomic E-state index is -1.29. The lowest BCUT2D eigenvalue weighted by Gasteiger charge is -2.34. The van der Waals surface area contributed by atoms with Gasteiger partial charge in [-0.1, -0.05) is 34.6 Å². The van der Waals surface area contributed by atoms with Crippen molar-refractivity contribution < 1.29 is 3.87 Å². The first-order valence-electron chi connectivity index (χ1n) is 5.62. The Labute approximate surface area is 87.9 Å². The number of rotatable bonds is 7. The van der Waals surface area contributed by atoms with Crippen LogP contribution in [0.1, 0.15) is 34.6 Å². The summed E-state index contributed by atoms with van der Waals surface area (Å²) in [6.07, 6.45) is 0. The summed E-state index contributed by atoms with van der Waals surface area (Å²) in [4.78, 5) is 0. The molecule has 1 nitrogen and oxygen atoms in total. The molecule has 0 aromatic carbocycles. The summed E-state index contributed by atoms with van der Waals surface area (Å²) >= 11 is -0.0999. The van der Waals surface area contributed by atoms with Gasteiger partial charge >= 0.3 is 0 Å². The van der Waals surface area contributed by atoms with Crippen LogP contribution in [0.15, 0.2) is 0 Å². The Morgan fingerprint density at radius 2 is 1.23 bits per heavy atom. The molecule has 0 bridgehead atoms. The molecule has 0 fully saturated rings. The molecule has 0 unspecified atom stereocenters. The van der Waals surface area contributed by atoms with Crippen LogP contribution < -0.4 is 0 Å². The molecule has 3 heteroatoms. The van der Waals surface area contributed by atoms with Crippen molar-refractivity contribution in [3.8, 4) is 0 Å². The summed E-state index contributed by atoms with van der Waals surface area (Å²) < 4.78 is 6.39. The number of hydrogen-bond donors (Lipinski definition) is 1. The smallest absolute Gasteiger partial charge is 0.207 e. The van der Waals surface area contributed by atoms with Gasteiger partial charge < -0.3 is 3.87 Å². The van der Waals surface area contributed by atoms with Crippen molar-refractivity contribution in [1.82, 2.24) is 0 Å². The van der Waals surface area contributed by atoms with Crippen molar-refractivity contribution in [3.05, 3.63) is 0 Å². The Hall–Kier alpha value is 0.527. The second-order valence-electron chi connectivity index (χ2n) is 3.45. The Morgan fingerprint density at radius 3 is 1.46 bits per heavy atom. The topological polar surface area (TPSA) is 9.23 Å². The van der Waals surface area contributed by atoms with E-state index < -0.39 is 8.32 Å². The Balaban J connectivity index is 4.21. The molecule has 0 radical (unpaired) electrons. The number of hydrogen-bond acceptors (Lipinski definition) is 1. The summed E-state index contributed by atoms with van der Waals surface area (Å²) in [6, 6.07) is 3.87. The summed E-state index contributed by atoms with van der Waals surface area (Å²) in [5.74, 6) is 2.47.